The zero-order valence-electron chi connectivity index (χ0n) is 9.04. The van der Waals surface area contributed by atoms with Crippen LogP contribution in [0, 0.1) is 0 Å². The Labute approximate surface area is 93.0 Å². The summed E-state index contributed by atoms with van der Waals surface area (Å²) in [5, 5.41) is 2.13. The fourth-order valence-electron chi connectivity index (χ4n) is 2.69. The highest BCUT2D eigenvalue weighted by Gasteiger charge is 2.39. The Kier molecular flexibility index (Phi) is 4.19. The molecule has 2 heterocycles. The summed E-state index contributed by atoms with van der Waals surface area (Å²) in [6.07, 6.45) is 6.50. The first-order chi connectivity index (χ1) is 6.23. The lowest BCUT2D eigenvalue weighted by Gasteiger charge is -2.49. The van der Waals surface area contributed by atoms with Crippen LogP contribution < -0.4 is 5.84 Å². The lowest BCUT2D eigenvalue weighted by Crippen LogP contribution is -2.59. The molecule has 0 radical (unpaired) electrons. The van der Waals surface area contributed by atoms with Gasteiger partial charge in [-0.15, -0.1) is 12.4 Å². The molecule has 2 N–H and O–H groups in total. The van der Waals surface area contributed by atoms with Crippen molar-refractivity contribution in [3.63, 3.8) is 0 Å². The molecule has 0 aromatic rings. The largest absolute Gasteiger partial charge is 0.306 e. The quantitative estimate of drug-likeness (QED) is 0.623. The minimum atomic E-state index is 0. The summed E-state index contributed by atoms with van der Waals surface area (Å²) in [6.45, 7) is 3.53. The van der Waals surface area contributed by atoms with Crippen molar-refractivity contribution in [2.75, 3.05) is 26.7 Å². The highest BCUT2D eigenvalue weighted by Crippen LogP contribution is 2.34. The molecule has 0 aromatic carbocycles. The van der Waals surface area contributed by atoms with E-state index >= 15 is 0 Å². The number of halogens is 1. The summed E-state index contributed by atoms with van der Waals surface area (Å²) in [7, 11) is 2.20. The molecule has 1 spiro atoms. The lowest BCUT2D eigenvalue weighted by molar-refractivity contribution is -0.00337. The van der Waals surface area contributed by atoms with Crippen LogP contribution in [0.2, 0.25) is 0 Å². The summed E-state index contributed by atoms with van der Waals surface area (Å²) >= 11 is 0. The van der Waals surface area contributed by atoms with E-state index in [0.29, 0.717) is 5.54 Å². The molecule has 4 heteroatoms. The van der Waals surface area contributed by atoms with Gasteiger partial charge in [0.25, 0.3) is 0 Å². The Morgan fingerprint density at radius 1 is 1.00 bits per heavy atom. The minimum absolute atomic E-state index is 0. The predicted molar refractivity (Wildman–Crippen MR) is 61.5 cm³/mol. The van der Waals surface area contributed by atoms with Crippen molar-refractivity contribution in [1.82, 2.24) is 9.91 Å². The number of nitrogens with zero attached hydrogens (tertiary/aromatic N) is 2. The number of likely N-dealkylation sites (tertiary alicyclic amines) is 1. The van der Waals surface area contributed by atoms with Gasteiger partial charge in [0.15, 0.2) is 0 Å². The smallest absolute Gasteiger partial charge is 0.0376 e. The Morgan fingerprint density at radius 3 is 2.21 bits per heavy atom. The third-order valence-electron chi connectivity index (χ3n) is 3.82. The summed E-state index contributed by atoms with van der Waals surface area (Å²) in [5.41, 5.74) is 0.366. The maximum absolute atomic E-state index is 6.10. The van der Waals surface area contributed by atoms with Crippen molar-refractivity contribution in [1.29, 1.82) is 0 Å². The van der Waals surface area contributed by atoms with Crippen LogP contribution in [0.3, 0.4) is 0 Å². The third kappa shape index (κ3) is 2.22. The Hall–Kier alpha value is 0.170. The summed E-state index contributed by atoms with van der Waals surface area (Å²) in [4.78, 5) is 2.41. The molecule has 2 aliphatic rings. The minimum Gasteiger partial charge on any atom is -0.306 e. The van der Waals surface area contributed by atoms with Crippen LogP contribution in [0.25, 0.3) is 0 Å². The van der Waals surface area contributed by atoms with E-state index in [2.05, 4.69) is 17.0 Å². The van der Waals surface area contributed by atoms with Crippen molar-refractivity contribution < 1.29 is 0 Å². The lowest BCUT2D eigenvalue weighted by atomic mass is 9.80. The summed E-state index contributed by atoms with van der Waals surface area (Å²) < 4.78 is 0. The number of hydrogen-bond donors (Lipinski definition) is 1. The molecule has 0 atom stereocenters. The monoisotopic (exact) mass is 219 g/mol. The van der Waals surface area contributed by atoms with Gasteiger partial charge in [-0.2, -0.15) is 0 Å². The van der Waals surface area contributed by atoms with Crippen molar-refractivity contribution in [3.8, 4) is 0 Å². The van der Waals surface area contributed by atoms with Gasteiger partial charge in [0, 0.05) is 12.1 Å². The maximum atomic E-state index is 6.10. The number of piperidine rings is 2. The average Bonchev–Trinajstić information content (AvgIpc) is 2.15. The molecular formula is C10H22ClN3. The standard InChI is InChI=1S/C10H21N3.ClH/c1-12-8-5-10(6-9-12)4-2-3-7-13(10)11;/h2-9,11H2,1H3;1H. The van der Waals surface area contributed by atoms with E-state index in [1.807, 2.05) is 0 Å². The van der Waals surface area contributed by atoms with E-state index in [1.165, 1.54) is 45.2 Å². The second kappa shape index (κ2) is 4.79. The Bertz CT molecular complexity index is 178. The van der Waals surface area contributed by atoms with Gasteiger partial charge in [-0.1, -0.05) is 6.42 Å². The van der Waals surface area contributed by atoms with Crippen LogP contribution >= 0.6 is 12.4 Å². The van der Waals surface area contributed by atoms with Gasteiger partial charge in [-0.05, 0) is 45.8 Å². The first-order valence-electron chi connectivity index (χ1n) is 5.44. The molecule has 0 amide bonds. The Morgan fingerprint density at radius 2 is 1.64 bits per heavy atom. The fourth-order valence-corrected chi connectivity index (χ4v) is 2.69. The van der Waals surface area contributed by atoms with Gasteiger partial charge >= 0.3 is 0 Å². The molecule has 0 saturated carbocycles. The predicted octanol–water partition coefficient (Wildman–Crippen LogP) is 1.23. The molecule has 2 rings (SSSR count). The molecule has 2 saturated heterocycles. The molecule has 0 unspecified atom stereocenters. The summed E-state index contributed by atoms with van der Waals surface area (Å²) in [5.74, 6) is 6.10. The van der Waals surface area contributed by atoms with Crippen LogP contribution in [0.15, 0.2) is 0 Å². The van der Waals surface area contributed by atoms with Gasteiger partial charge in [-0.25, -0.2) is 5.01 Å². The average molecular weight is 220 g/mol. The van der Waals surface area contributed by atoms with Crippen LogP contribution in [0.1, 0.15) is 32.1 Å². The van der Waals surface area contributed by atoms with Crippen LogP contribution in [0.4, 0.5) is 0 Å². The van der Waals surface area contributed by atoms with Gasteiger partial charge in [0.1, 0.15) is 0 Å². The van der Waals surface area contributed by atoms with Crippen LogP contribution in [-0.4, -0.2) is 42.1 Å². The molecule has 0 aliphatic carbocycles. The molecule has 84 valence electrons. The molecule has 0 bridgehead atoms. The van der Waals surface area contributed by atoms with E-state index in [4.69, 9.17) is 5.84 Å². The van der Waals surface area contributed by atoms with Crippen LogP contribution in [-0.2, 0) is 0 Å². The molecule has 3 nitrogen and oxygen atoms in total. The van der Waals surface area contributed by atoms with E-state index in [1.54, 1.807) is 0 Å². The SMILES string of the molecule is CN1CCC2(CCCCN2N)CC1.Cl. The highest BCUT2D eigenvalue weighted by molar-refractivity contribution is 5.85. The van der Waals surface area contributed by atoms with Crippen molar-refractivity contribution >= 4 is 12.4 Å². The van der Waals surface area contributed by atoms with Crippen LogP contribution in [0.5, 0.6) is 0 Å². The van der Waals surface area contributed by atoms with E-state index < -0.39 is 0 Å². The van der Waals surface area contributed by atoms with Gasteiger partial charge in [0.05, 0.1) is 0 Å². The molecule has 2 aliphatic heterocycles. The number of rotatable bonds is 0. The highest BCUT2D eigenvalue weighted by atomic mass is 35.5. The summed E-state index contributed by atoms with van der Waals surface area (Å²) in [6, 6.07) is 0. The van der Waals surface area contributed by atoms with Gasteiger partial charge < -0.3 is 4.90 Å². The second-order valence-corrected chi connectivity index (χ2v) is 4.68. The van der Waals surface area contributed by atoms with Gasteiger partial charge in [0.2, 0.25) is 0 Å². The van der Waals surface area contributed by atoms with Crippen molar-refractivity contribution in [2.45, 2.75) is 37.6 Å². The molecule has 0 aromatic heterocycles. The van der Waals surface area contributed by atoms with E-state index in [-0.39, 0.29) is 12.4 Å². The molecular weight excluding hydrogens is 198 g/mol. The van der Waals surface area contributed by atoms with Gasteiger partial charge in [-0.3, -0.25) is 5.84 Å². The first-order valence-corrected chi connectivity index (χ1v) is 5.44. The number of hydrogen-bond acceptors (Lipinski definition) is 3. The third-order valence-corrected chi connectivity index (χ3v) is 3.82. The zero-order valence-corrected chi connectivity index (χ0v) is 9.85. The topological polar surface area (TPSA) is 32.5 Å². The molecule has 14 heavy (non-hydrogen) atoms. The zero-order chi connectivity index (χ0) is 9.31. The van der Waals surface area contributed by atoms with E-state index in [9.17, 15) is 0 Å². The fraction of sp³-hybridized carbons (Fsp3) is 1.00. The van der Waals surface area contributed by atoms with E-state index in [0.717, 1.165) is 6.54 Å². The first kappa shape index (κ1) is 12.2. The van der Waals surface area contributed by atoms with Crippen molar-refractivity contribution in [2.24, 2.45) is 5.84 Å². The molecule has 2 fully saturated rings. The second-order valence-electron chi connectivity index (χ2n) is 4.68. The maximum Gasteiger partial charge on any atom is 0.0376 e. The number of nitrogens with two attached hydrogens (primary N) is 1. The normalized spacial score (nSPS) is 28.7. The Balaban J connectivity index is 0.000000980. The van der Waals surface area contributed by atoms with Crippen molar-refractivity contribution in [3.05, 3.63) is 0 Å². The number of hydrazine groups is 1.